The first-order valence-electron chi connectivity index (χ1n) is 10.5. The van der Waals surface area contributed by atoms with Crippen molar-refractivity contribution in [2.24, 2.45) is 5.92 Å². The van der Waals surface area contributed by atoms with Gasteiger partial charge in [-0.2, -0.15) is 14.6 Å². The second-order valence-electron chi connectivity index (χ2n) is 7.83. The molecule has 0 aliphatic heterocycles. The van der Waals surface area contributed by atoms with E-state index in [1.165, 1.54) is 6.92 Å². The summed E-state index contributed by atoms with van der Waals surface area (Å²) in [6.45, 7) is 3.21. The van der Waals surface area contributed by atoms with Gasteiger partial charge in [0.2, 0.25) is 11.8 Å². The molecule has 1 saturated carbocycles. The summed E-state index contributed by atoms with van der Waals surface area (Å²) in [7, 11) is 0. The molecule has 8 nitrogen and oxygen atoms in total. The summed E-state index contributed by atoms with van der Waals surface area (Å²) in [5.41, 5.74) is 2.88. The molecule has 0 spiro atoms. The van der Waals surface area contributed by atoms with Crippen LogP contribution >= 0.6 is 0 Å². The van der Waals surface area contributed by atoms with Crippen molar-refractivity contribution >= 4 is 28.3 Å². The number of carbonyl (C=O) groups is 1. The molecule has 1 aliphatic rings. The van der Waals surface area contributed by atoms with Gasteiger partial charge in [-0.15, -0.1) is 0 Å². The number of aromatic nitrogens is 4. The smallest absolute Gasteiger partial charge is 0.219 e. The second-order valence-corrected chi connectivity index (χ2v) is 7.83. The first-order chi connectivity index (χ1) is 15.2. The molecule has 2 N–H and O–H groups in total. The number of fused-ring (bicyclic) bond motifs is 2. The molecule has 1 amide bonds. The Kier molecular flexibility index (Phi) is 5.11. The normalized spacial score (nSPS) is 17.6. The van der Waals surface area contributed by atoms with Gasteiger partial charge in [-0.3, -0.25) is 9.78 Å². The van der Waals surface area contributed by atoms with Crippen LogP contribution in [0.25, 0.3) is 16.6 Å². The summed E-state index contributed by atoms with van der Waals surface area (Å²) in [5.74, 6) is 2.15. The van der Waals surface area contributed by atoms with Crippen LogP contribution in [-0.2, 0) is 4.79 Å². The highest BCUT2D eigenvalue weighted by atomic mass is 16.5. The van der Waals surface area contributed by atoms with Crippen molar-refractivity contribution in [2.45, 2.75) is 19.3 Å². The fourth-order valence-corrected chi connectivity index (χ4v) is 3.79. The molecule has 8 heteroatoms. The molecule has 2 atom stereocenters. The van der Waals surface area contributed by atoms with Crippen LogP contribution < -0.4 is 15.4 Å². The number of hydrogen-bond donors (Lipinski definition) is 2. The lowest BCUT2D eigenvalue weighted by atomic mass is 10.1. The van der Waals surface area contributed by atoms with Gasteiger partial charge < -0.3 is 15.4 Å². The maximum atomic E-state index is 11.0. The highest BCUT2D eigenvalue weighted by Crippen LogP contribution is 2.47. The lowest BCUT2D eigenvalue weighted by Crippen LogP contribution is -2.26. The summed E-state index contributed by atoms with van der Waals surface area (Å²) in [4.78, 5) is 20.4. The van der Waals surface area contributed by atoms with Crippen molar-refractivity contribution in [3.63, 3.8) is 0 Å². The van der Waals surface area contributed by atoms with Gasteiger partial charge in [-0.25, -0.2) is 0 Å². The summed E-state index contributed by atoms with van der Waals surface area (Å²) in [6.07, 6.45) is 2.77. The van der Waals surface area contributed by atoms with Crippen LogP contribution in [-0.4, -0.2) is 45.2 Å². The predicted molar refractivity (Wildman–Crippen MR) is 118 cm³/mol. The molecule has 31 heavy (non-hydrogen) atoms. The van der Waals surface area contributed by atoms with E-state index in [4.69, 9.17) is 9.72 Å². The lowest BCUT2D eigenvalue weighted by Gasteiger charge is -2.11. The highest BCUT2D eigenvalue weighted by molar-refractivity contribution is 5.78. The van der Waals surface area contributed by atoms with Crippen LogP contribution in [0.15, 0.2) is 54.7 Å². The molecule has 0 unspecified atom stereocenters. The SMILES string of the molecule is CC(=O)NCCNc1cc(OC[C@H]2C[C@@H]2c2ccc3ccccc3n2)nc2ccnn12. The number of nitrogens with zero attached hydrogens (tertiary/aromatic N) is 4. The molecule has 0 radical (unpaired) electrons. The fourth-order valence-electron chi connectivity index (χ4n) is 3.79. The minimum absolute atomic E-state index is 0.0512. The molecule has 1 aromatic carbocycles. The average Bonchev–Trinajstić information content (AvgIpc) is 3.40. The Labute approximate surface area is 179 Å². The van der Waals surface area contributed by atoms with E-state index in [0.29, 0.717) is 43.1 Å². The number of benzene rings is 1. The van der Waals surface area contributed by atoms with E-state index in [0.717, 1.165) is 28.8 Å². The van der Waals surface area contributed by atoms with Crippen LogP contribution in [0.1, 0.15) is 25.0 Å². The van der Waals surface area contributed by atoms with Crippen molar-refractivity contribution in [3.8, 4) is 5.88 Å². The van der Waals surface area contributed by atoms with Gasteiger partial charge in [0, 0.05) is 55.1 Å². The molecule has 3 aromatic heterocycles. The summed E-state index contributed by atoms with van der Waals surface area (Å²) in [5, 5.41) is 11.5. The van der Waals surface area contributed by atoms with E-state index in [1.807, 2.05) is 24.3 Å². The van der Waals surface area contributed by atoms with E-state index >= 15 is 0 Å². The first-order valence-corrected chi connectivity index (χ1v) is 10.5. The number of para-hydroxylation sites is 1. The molecule has 1 aliphatic carbocycles. The second kappa shape index (κ2) is 8.22. The van der Waals surface area contributed by atoms with Crippen LogP contribution in [0.5, 0.6) is 5.88 Å². The quantitative estimate of drug-likeness (QED) is 0.429. The summed E-state index contributed by atoms with van der Waals surface area (Å²) < 4.78 is 7.76. The summed E-state index contributed by atoms with van der Waals surface area (Å²) >= 11 is 0. The number of carbonyl (C=O) groups excluding carboxylic acids is 1. The number of ether oxygens (including phenoxy) is 1. The molecule has 158 valence electrons. The van der Waals surface area contributed by atoms with Crippen LogP contribution in [0.3, 0.4) is 0 Å². The van der Waals surface area contributed by atoms with Crippen molar-refractivity contribution in [2.75, 3.05) is 25.0 Å². The third kappa shape index (κ3) is 4.28. The third-order valence-electron chi connectivity index (χ3n) is 5.51. The molecule has 5 rings (SSSR count). The Morgan fingerprint density at radius 2 is 2.06 bits per heavy atom. The van der Waals surface area contributed by atoms with E-state index in [1.54, 1.807) is 10.7 Å². The van der Waals surface area contributed by atoms with Gasteiger partial charge in [0.15, 0.2) is 5.65 Å². The minimum atomic E-state index is -0.0512. The number of hydrogen-bond acceptors (Lipinski definition) is 6. The van der Waals surface area contributed by atoms with Crippen molar-refractivity contribution in [1.82, 2.24) is 24.9 Å². The zero-order valence-corrected chi connectivity index (χ0v) is 17.3. The zero-order chi connectivity index (χ0) is 21.2. The van der Waals surface area contributed by atoms with Gasteiger partial charge in [0.05, 0.1) is 18.3 Å². The van der Waals surface area contributed by atoms with Crippen molar-refractivity contribution in [3.05, 3.63) is 60.4 Å². The molecule has 3 heterocycles. The Morgan fingerprint density at radius 3 is 2.97 bits per heavy atom. The van der Waals surface area contributed by atoms with Crippen molar-refractivity contribution < 1.29 is 9.53 Å². The van der Waals surface area contributed by atoms with E-state index in [2.05, 4.69) is 45.0 Å². The van der Waals surface area contributed by atoms with Gasteiger partial charge in [-0.05, 0) is 18.6 Å². The third-order valence-corrected chi connectivity index (χ3v) is 5.51. The number of nitrogens with one attached hydrogen (secondary N) is 2. The Balaban J connectivity index is 1.23. The van der Waals surface area contributed by atoms with Crippen LogP contribution in [0.4, 0.5) is 5.82 Å². The molecule has 1 fully saturated rings. The highest BCUT2D eigenvalue weighted by Gasteiger charge is 2.40. The Morgan fingerprint density at radius 1 is 1.16 bits per heavy atom. The van der Waals surface area contributed by atoms with Gasteiger partial charge in [0.1, 0.15) is 5.82 Å². The fraction of sp³-hybridized carbons (Fsp3) is 0.304. The largest absolute Gasteiger partial charge is 0.477 e. The maximum Gasteiger partial charge on any atom is 0.219 e. The first kappa shape index (κ1) is 19.3. The van der Waals surface area contributed by atoms with Crippen LogP contribution in [0.2, 0.25) is 0 Å². The Hall–Kier alpha value is -3.68. The standard InChI is InChI=1S/C23H24N6O2/c1-15(30)24-10-11-25-22-13-23(28-21-8-9-26-29(21)22)31-14-17-12-18(17)20-7-6-16-4-2-3-5-19(16)27-20/h2-9,13,17-18,25H,10-12,14H2,1H3,(H,24,30)/t17-,18+/m1/s1. The van der Waals surface area contributed by atoms with Gasteiger partial charge in [-0.1, -0.05) is 24.3 Å². The minimum Gasteiger partial charge on any atom is -0.477 e. The van der Waals surface area contributed by atoms with E-state index in [-0.39, 0.29) is 5.91 Å². The molecule has 4 aromatic rings. The molecule has 0 bridgehead atoms. The summed E-state index contributed by atoms with van der Waals surface area (Å²) in [6, 6.07) is 16.1. The monoisotopic (exact) mass is 416 g/mol. The van der Waals surface area contributed by atoms with Gasteiger partial charge in [0.25, 0.3) is 0 Å². The molecular formula is C23H24N6O2. The van der Waals surface area contributed by atoms with E-state index < -0.39 is 0 Å². The predicted octanol–water partition coefficient (Wildman–Crippen LogP) is 3.01. The average molecular weight is 416 g/mol. The zero-order valence-electron chi connectivity index (χ0n) is 17.3. The van der Waals surface area contributed by atoms with Crippen LogP contribution in [0, 0.1) is 5.92 Å². The molecular weight excluding hydrogens is 392 g/mol. The number of amides is 1. The van der Waals surface area contributed by atoms with E-state index in [9.17, 15) is 4.79 Å². The Bertz CT molecular complexity index is 1240. The number of pyridine rings is 1. The van der Waals surface area contributed by atoms with Crippen molar-refractivity contribution in [1.29, 1.82) is 0 Å². The molecule has 0 saturated heterocycles. The number of anilines is 1. The lowest BCUT2D eigenvalue weighted by molar-refractivity contribution is -0.118. The van der Waals surface area contributed by atoms with Gasteiger partial charge >= 0.3 is 0 Å². The topological polar surface area (TPSA) is 93.4 Å². The maximum absolute atomic E-state index is 11.0. The number of rotatable bonds is 8.